The van der Waals surface area contributed by atoms with Gasteiger partial charge in [-0.3, -0.25) is 9.20 Å². The number of hydrogen-bond acceptors (Lipinski definition) is 2. The molecule has 0 aliphatic carbocycles. The van der Waals surface area contributed by atoms with E-state index in [9.17, 15) is 4.21 Å². The monoisotopic (exact) mass is 307 g/mol. The minimum atomic E-state index is -0.955. The van der Waals surface area contributed by atoms with E-state index < -0.39 is 10.8 Å². The van der Waals surface area contributed by atoms with Crippen LogP contribution < -0.4 is 5.32 Å². The highest BCUT2D eigenvalue weighted by atomic mass is 32.2. The molecular formula is C16H25N3OS. The van der Waals surface area contributed by atoms with Crippen molar-refractivity contribution in [3.63, 3.8) is 0 Å². The fraction of sp³-hybridized carbons (Fsp3) is 0.562. The molecular weight excluding hydrogens is 282 g/mol. The molecule has 1 fully saturated rings. The number of guanidine groups is 1. The molecule has 21 heavy (non-hydrogen) atoms. The van der Waals surface area contributed by atoms with Gasteiger partial charge in [0.1, 0.15) is 0 Å². The predicted molar refractivity (Wildman–Crippen MR) is 89.1 cm³/mol. The van der Waals surface area contributed by atoms with E-state index in [1.54, 1.807) is 0 Å². The Hall–Kier alpha value is -1.36. The van der Waals surface area contributed by atoms with E-state index in [0.717, 1.165) is 23.9 Å². The first kappa shape index (κ1) is 16.0. The fourth-order valence-corrected chi connectivity index (χ4v) is 3.55. The molecule has 1 atom stereocenters. The molecule has 0 radical (unpaired) electrons. The molecule has 1 heterocycles. The Labute approximate surface area is 130 Å². The standard InChI is InChI=1S/C16H25N3OS/c1-16(2)9-11-19(13-16)15(17-3)18-10-12-21(20)14-7-5-4-6-8-14/h4-8H,9-13H2,1-3H3,(H,17,18). The van der Waals surface area contributed by atoms with Gasteiger partial charge in [0.05, 0.1) is 10.8 Å². The maximum absolute atomic E-state index is 12.2. The molecule has 1 aliphatic rings. The molecule has 0 bridgehead atoms. The van der Waals surface area contributed by atoms with Crippen LogP contribution in [-0.2, 0) is 10.8 Å². The second kappa shape index (κ2) is 7.07. The Balaban J connectivity index is 1.81. The average Bonchev–Trinajstić information content (AvgIpc) is 2.84. The zero-order chi connectivity index (χ0) is 15.3. The van der Waals surface area contributed by atoms with Gasteiger partial charge in [0.25, 0.3) is 0 Å². The summed E-state index contributed by atoms with van der Waals surface area (Å²) in [6, 6.07) is 9.61. The van der Waals surface area contributed by atoms with E-state index in [2.05, 4.69) is 29.1 Å². The number of rotatable bonds is 4. The third-order valence-corrected chi connectivity index (χ3v) is 5.14. The highest BCUT2D eigenvalue weighted by Gasteiger charge is 2.30. The molecule has 0 aromatic heterocycles. The quantitative estimate of drug-likeness (QED) is 0.684. The molecule has 1 aromatic rings. The summed E-state index contributed by atoms with van der Waals surface area (Å²) in [5.41, 5.74) is 0.352. The highest BCUT2D eigenvalue weighted by molar-refractivity contribution is 7.85. The van der Waals surface area contributed by atoms with Gasteiger partial charge in [-0.15, -0.1) is 0 Å². The number of nitrogens with zero attached hydrogens (tertiary/aromatic N) is 2. The van der Waals surface area contributed by atoms with Crippen molar-refractivity contribution < 1.29 is 4.21 Å². The van der Waals surface area contributed by atoms with Crippen molar-refractivity contribution in [2.45, 2.75) is 25.2 Å². The van der Waals surface area contributed by atoms with Crippen molar-refractivity contribution in [1.29, 1.82) is 0 Å². The van der Waals surface area contributed by atoms with Crippen molar-refractivity contribution >= 4 is 16.8 Å². The smallest absolute Gasteiger partial charge is 0.193 e. The van der Waals surface area contributed by atoms with Crippen LogP contribution in [0.4, 0.5) is 0 Å². The number of nitrogens with one attached hydrogen (secondary N) is 1. The van der Waals surface area contributed by atoms with E-state index in [1.807, 2.05) is 37.4 Å². The first-order valence-electron chi connectivity index (χ1n) is 7.41. The summed E-state index contributed by atoms with van der Waals surface area (Å²) in [5.74, 6) is 1.52. The van der Waals surface area contributed by atoms with Crippen LogP contribution in [0.1, 0.15) is 20.3 Å². The summed E-state index contributed by atoms with van der Waals surface area (Å²) in [5, 5.41) is 3.33. The maximum Gasteiger partial charge on any atom is 0.193 e. The van der Waals surface area contributed by atoms with Crippen LogP contribution in [0.3, 0.4) is 0 Å². The molecule has 0 amide bonds. The van der Waals surface area contributed by atoms with Crippen molar-refractivity contribution in [3.8, 4) is 0 Å². The minimum absolute atomic E-state index is 0.352. The van der Waals surface area contributed by atoms with Gasteiger partial charge < -0.3 is 10.2 Å². The molecule has 0 spiro atoms. The molecule has 5 heteroatoms. The Morgan fingerprint density at radius 2 is 2.10 bits per heavy atom. The lowest BCUT2D eigenvalue weighted by atomic mass is 9.93. The summed E-state index contributed by atoms with van der Waals surface area (Å²) < 4.78 is 12.2. The summed E-state index contributed by atoms with van der Waals surface area (Å²) in [6.45, 7) is 7.30. The summed E-state index contributed by atoms with van der Waals surface area (Å²) >= 11 is 0. The van der Waals surface area contributed by atoms with Crippen LogP contribution in [0, 0.1) is 5.41 Å². The third kappa shape index (κ3) is 4.56. The largest absolute Gasteiger partial charge is 0.355 e. The first-order chi connectivity index (χ1) is 10.0. The molecule has 1 saturated heterocycles. The van der Waals surface area contributed by atoms with Gasteiger partial charge in [-0.25, -0.2) is 0 Å². The molecule has 1 N–H and O–H groups in total. The lowest BCUT2D eigenvalue weighted by molar-refractivity contribution is 0.370. The Bertz CT molecular complexity index is 514. The van der Waals surface area contributed by atoms with Crippen molar-refractivity contribution in [2.24, 2.45) is 10.4 Å². The van der Waals surface area contributed by atoms with Gasteiger partial charge >= 0.3 is 0 Å². The van der Waals surface area contributed by atoms with Gasteiger partial charge in [-0.2, -0.15) is 0 Å². The van der Waals surface area contributed by atoms with E-state index >= 15 is 0 Å². The summed E-state index contributed by atoms with van der Waals surface area (Å²) in [7, 11) is 0.853. The van der Waals surface area contributed by atoms with Gasteiger partial charge in [-0.05, 0) is 24.0 Å². The molecule has 1 aromatic carbocycles. The fourth-order valence-electron chi connectivity index (χ4n) is 2.57. The highest BCUT2D eigenvalue weighted by Crippen LogP contribution is 2.28. The van der Waals surface area contributed by atoms with Gasteiger partial charge in [0.15, 0.2) is 5.96 Å². The maximum atomic E-state index is 12.2. The molecule has 116 valence electrons. The minimum Gasteiger partial charge on any atom is -0.355 e. The summed E-state index contributed by atoms with van der Waals surface area (Å²) in [6.07, 6.45) is 1.18. The van der Waals surface area contributed by atoms with E-state index in [0.29, 0.717) is 17.7 Å². The molecule has 1 aliphatic heterocycles. The number of aliphatic imine (C=N–C) groups is 1. The van der Waals surface area contributed by atoms with Crippen LogP contribution in [-0.4, -0.2) is 47.5 Å². The van der Waals surface area contributed by atoms with Crippen molar-refractivity contribution in [2.75, 3.05) is 32.4 Å². The van der Waals surface area contributed by atoms with Crippen LogP contribution in [0.25, 0.3) is 0 Å². The zero-order valence-corrected chi connectivity index (χ0v) is 13.9. The van der Waals surface area contributed by atoms with Crippen LogP contribution in [0.2, 0.25) is 0 Å². The molecule has 2 rings (SSSR count). The zero-order valence-electron chi connectivity index (χ0n) is 13.1. The first-order valence-corrected chi connectivity index (χ1v) is 8.73. The van der Waals surface area contributed by atoms with E-state index in [-0.39, 0.29) is 0 Å². The van der Waals surface area contributed by atoms with Crippen LogP contribution >= 0.6 is 0 Å². The average molecular weight is 307 g/mol. The normalized spacial score (nSPS) is 19.6. The molecule has 0 saturated carbocycles. The number of hydrogen-bond donors (Lipinski definition) is 1. The van der Waals surface area contributed by atoms with Crippen LogP contribution in [0.5, 0.6) is 0 Å². The van der Waals surface area contributed by atoms with Gasteiger partial charge in [0.2, 0.25) is 0 Å². The summed E-state index contributed by atoms with van der Waals surface area (Å²) in [4.78, 5) is 7.51. The Kier molecular flexibility index (Phi) is 5.39. The Morgan fingerprint density at radius 3 is 2.67 bits per heavy atom. The lowest BCUT2D eigenvalue weighted by Crippen LogP contribution is -2.42. The van der Waals surface area contributed by atoms with Gasteiger partial charge in [-0.1, -0.05) is 32.0 Å². The second-order valence-electron chi connectivity index (χ2n) is 6.17. The van der Waals surface area contributed by atoms with Crippen molar-refractivity contribution in [3.05, 3.63) is 30.3 Å². The second-order valence-corrected chi connectivity index (χ2v) is 7.74. The SMILES string of the molecule is CN=C(NCCS(=O)c1ccccc1)N1CCC(C)(C)C1. The number of benzene rings is 1. The predicted octanol–water partition coefficient (Wildman–Crippen LogP) is 2.10. The lowest BCUT2D eigenvalue weighted by Gasteiger charge is -2.23. The van der Waals surface area contributed by atoms with Crippen molar-refractivity contribution in [1.82, 2.24) is 10.2 Å². The van der Waals surface area contributed by atoms with Gasteiger partial charge in [0, 0.05) is 37.3 Å². The topological polar surface area (TPSA) is 44.7 Å². The molecule has 1 unspecified atom stereocenters. The Morgan fingerprint density at radius 1 is 1.38 bits per heavy atom. The van der Waals surface area contributed by atoms with E-state index in [1.165, 1.54) is 6.42 Å². The molecule has 4 nitrogen and oxygen atoms in total. The van der Waals surface area contributed by atoms with Crippen LogP contribution in [0.15, 0.2) is 40.2 Å². The van der Waals surface area contributed by atoms with E-state index in [4.69, 9.17) is 0 Å². The third-order valence-electron chi connectivity index (χ3n) is 3.77. The number of likely N-dealkylation sites (tertiary alicyclic amines) is 1.